The number of nitrogens with zero attached hydrogens (tertiary/aromatic N) is 5. The van der Waals surface area contributed by atoms with E-state index in [1.807, 2.05) is 36.4 Å². The molecule has 3 heterocycles. The van der Waals surface area contributed by atoms with E-state index >= 15 is 0 Å². The Morgan fingerprint density at radius 2 is 1.91 bits per heavy atom. The van der Waals surface area contributed by atoms with Gasteiger partial charge in [-0.2, -0.15) is 23.4 Å². The molecule has 4 aromatic rings. The van der Waals surface area contributed by atoms with Gasteiger partial charge in [0.05, 0.1) is 22.0 Å². The van der Waals surface area contributed by atoms with E-state index in [1.165, 1.54) is 11.3 Å². The first-order valence-electron chi connectivity index (χ1n) is 9.17. The van der Waals surface area contributed by atoms with Crippen molar-refractivity contribution in [2.45, 2.75) is 18.7 Å². The van der Waals surface area contributed by atoms with Gasteiger partial charge in [0.15, 0.2) is 0 Å². The van der Waals surface area contributed by atoms with Crippen LogP contribution in [0.3, 0.4) is 0 Å². The van der Waals surface area contributed by atoms with E-state index in [9.17, 15) is 18.4 Å². The molecule has 0 fully saturated rings. The number of para-hydroxylation sites is 1. The van der Waals surface area contributed by atoms with Crippen LogP contribution in [0, 0.1) is 11.3 Å². The lowest BCUT2D eigenvalue weighted by molar-refractivity contribution is -0.192. The van der Waals surface area contributed by atoms with Crippen molar-refractivity contribution < 1.29 is 27.8 Å². The van der Waals surface area contributed by atoms with Crippen molar-refractivity contribution in [3.63, 3.8) is 0 Å². The number of hydrogen-bond acceptors (Lipinski definition) is 8. The van der Waals surface area contributed by atoms with Crippen molar-refractivity contribution in [2.24, 2.45) is 0 Å². The molecule has 0 spiro atoms. The van der Waals surface area contributed by atoms with Crippen LogP contribution in [0.15, 0.2) is 61.1 Å². The fraction of sp³-hybridized carbons (Fsp3) is 0.143. The van der Waals surface area contributed by atoms with Crippen molar-refractivity contribution in [1.82, 2.24) is 19.9 Å². The number of rotatable bonds is 5. The first-order valence-corrected chi connectivity index (χ1v) is 9.99. The molecule has 0 saturated heterocycles. The van der Waals surface area contributed by atoms with Crippen LogP contribution >= 0.6 is 11.3 Å². The topological polar surface area (TPSA) is 122 Å². The third kappa shape index (κ3) is 6.44. The average Bonchev–Trinajstić information content (AvgIpc) is 3.23. The summed E-state index contributed by atoms with van der Waals surface area (Å²) >= 11 is 1.50. The average molecular weight is 473 g/mol. The van der Waals surface area contributed by atoms with Gasteiger partial charge in [-0.25, -0.2) is 14.8 Å². The Kier molecular flexibility index (Phi) is 7.47. The number of hydrogen-bond donors (Lipinski definition) is 1. The molecule has 0 aliphatic heterocycles. The van der Waals surface area contributed by atoms with Gasteiger partial charge in [-0.1, -0.05) is 18.2 Å². The second-order valence-corrected chi connectivity index (χ2v) is 7.36. The fourth-order valence-corrected chi connectivity index (χ4v) is 3.50. The first kappa shape index (κ1) is 23.6. The fourth-order valence-electron chi connectivity index (χ4n) is 2.48. The van der Waals surface area contributed by atoms with Gasteiger partial charge in [-0.05, 0) is 24.3 Å². The van der Waals surface area contributed by atoms with E-state index in [-0.39, 0.29) is 6.01 Å². The van der Waals surface area contributed by atoms with Gasteiger partial charge in [0.1, 0.15) is 17.5 Å². The van der Waals surface area contributed by atoms with Gasteiger partial charge >= 0.3 is 18.2 Å². The number of carbonyl (C=O) groups is 1. The van der Waals surface area contributed by atoms with E-state index in [0.717, 1.165) is 15.8 Å². The molecule has 33 heavy (non-hydrogen) atoms. The summed E-state index contributed by atoms with van der Waals surface area (Å²) in [5, 5.41) is 17.5. The highest BCUT2D eigenvalue weighted by Gasteiger charge is 2.38. The van der Waals surface area contributed by atoms with Crippen LogP contribution in [0.1, 0.15) is 22.2 Å². The number of ether oxygens (including phenoxy) is 1. The second kappa shape index (κ2) is 10.5. The molecule has 1 unspecified atom stereocenters. The highest BCUT2D eigenvalue weighted by Crippen LogP contribution is 2.31. The van der Waals surface area contributed by atoms with Crippen molar-refractivity contribution in [2.75, 3.05) is 0 Å². The molecule has 12 heteroatoms. The second-order valence-electron chi connectivity index (χ2n) is 6.30. The summed E-state index contributed by atoms with van der Waals surface area (Å²) in [6.07, 6.45) is -0.0578. The zero-order valence-electron chi connectivity index (χ0n) is 16.6. The van der Waals surface area contributed by atoms with E-state index in [4.69, 9.17) is 14.6 Å². The number of fused-ring (bicyclic) bond motifs is 1. The Morgan fingerprint density at radius 1 is 1.15 bits per heavy atom. The monoisotopic (exact) mass is 473 g/mol. The van der Waals surface area contributed by atoms with Gasteiger partial charge < -0.3 is 9.84 Å². The molecule has 0 radical (unpaired) electrons. The predicted molar refractivity (Wildman–Crippen MR) is 111 cm³/mol. The minimum atomic E-state index is -5.08. The molecule has 1 N–H and O–H groups in total. The summed E-state index contributed by atoms with van der Waals surface area (Å²) in [6, 6.07) is 15.8. The van der Waals surface area contributed by atoms with Crippen LogP contribution in [0.4, 0.5) is 13.2 Å². The molecule has 0 aliphatic rings. The number of alkyl halides is 3. The SMILES string of the molecule is N#CC(c1ccnc(OCc2cccnc2)n1)c1nc2ccccc2s1.O=C(O)C(F)(F)F. The predicted octanol–water partition coefficient (Wildman–Crippen LogP) is 4.35. The molecule has 1 atom stereocenters. The summed E-state index contributed by atoms with van der Waals surface area (Å²) in [5.41, 5.74) is 2.38. The van der Waals surface area contributed by atoms with E-state index in [0.29, 0.717) is 17.3 Å². The molecule has 3 aromatic heterocycles. The third-order valence-electron chi connectivity index (χ3n) is 3.97. The number of aromatic nitrogens is 4. The van der Waals surface area contributed by atoms with Crippen molar-refractivity contribution in [3.8, 4) is 12.1 Å². The van der Waals surface area contributed by atoms with E-state index < -0.39 is 18.1 Å². The maximum Gasteiger partial charge on any atom is 0.490 e. The van der Waals surface area contributed by atoms with Crippen LogP contribution in [0.5, 0.6) is 6.01 Å². The minimum absolute atomic E-state index is 0.229. The molecule has 168 valence electrons. The van der Waals surface area contributed by atoms with Gasteiger partial charge in [-0.15, -0.1) is 11.3 Å². The maximum atomic E-state index is 10.6. The Labute approximate surface area is 189 Å². The van der Waals surface area contributed by atoms with E-state index in [1.54, 1.807) is 24.7 Å². The number of thiazole rings is 1. The lowest BCUT2D eigenvalue weighted by Crippen LogP contribution is -2.21. The van der Waals surface area contributed by atoms with Gasteiger partial charge in [0, 0.05) is 24.2 Å². The lowest BCUT2D eigenvalue weighted by atomic mass is 10.1. The zero-order chi connectivity index (χ0) is 23.8. The molecule has 0 aliphatic carbocycles. The molecular formula is C21H14F3N5O3S. The van der Waals surface area contributed by atoms with Crippen molar-refractivity contribution in [3.05, 3.63) is 77.3 Å². The smallest absolute Gasteiger partial charge is 0.475 e. The number of aliphatic carboxylic acids is 1. The summed E-state index contributed by atoms with van der Waals surface area (Å²) < 4.78 is 38.4. The normalized spacial score (nSPS) is 11.7. The highest BCUT2D eigenvalue weighted by atomic mass is 32.1. The zero-order valence-corrected chi connectivity index (χ0v) is 17.4. The number of halogens is 3. The number of carboxylic acid groups (broad SMARTS) is 1. The first-order chi connectivity index (χ1) is 15.8. The van der Waals surface area contributed by atoms with Crippen molar-refractivity contribution in [1.29, 1.82) is 5.26 Å². The number of benzene rings is 1. The summed E-state index contributed by atoms with van der Waals surface area (Å²) in [4.78, 5) is 26.0. The molecule has 4 rings (SSSR count). The standard InChI is InChI=1S/C19H13N5OS.C2HF3O2/c20-10-14(18-23-16-5-1-2-6-17(16)26-18)15-7-9-22-19(24-15)25-12-13-4-3-8-21-11-13;3-2(4,5)1(6)7/h1-9,11,14H,12H2;(H,6,7). The van der Waals surface area contributed by atoms with Gasteiger partial charge in [0.2, 0.25) is 0 Å². The van der Waals surface area contributed by atoms with Crippen LogP contribution in [-0.4, -0.2) is 37.2 Å². The summed E-state index contributed by atoms with van der Waals surface area (Å²) in [6.45, 7) is 0.315. The number of nitriles is 1. The third-order valence-corrected chi connectivity index (χ3v) is 5.07. The quantitative estimate of drug-likeness (QED) is 0.454. The molecule has 8 nitrogen and oxygen atoms in total. The Morgan fingerprint density at radius 3 is 2.55 bits per heavy atom. The molecule has 1 aromatic carbocycles. The lowest BCUT2D eigenvalue weighted by Gasteiger charge is -2.08. The van der Waals surface area contributed by atoms with Crippen molar-refractivity contribution >= 4 is 27.5 Å². The molecular weight excluding hydrogens is 459 g/mol. The summed E-state index contributed by atoms with van der Waals surface area (Å²) in [7, 11) is 0. The number of pyridine rings is 1. The van der Waals surface area contributed by atoms with Gasteiger partial charge in [-0.3, -0.25) is 4.98 Å². The maximum absolute atomic E-state index is 10.6. The van der Waals surface area contributed by atoms with Crippen LogP contribution in [-0.2, 0) is 11.4 Å². The molecule has 0 amide bonds. The Hall–Kier alpha value is -4.11. The highest BCUT2D eigenvalue weighted by molar-refractivity contribution is 7.18. The van der Waals surface area contributed by atoms with Crippen LogP contribution < -0.4 is 4.74 Å². The molecule has 0 bridgehead atoms. The minimum Gasteiger partial charge on any atom is -0.475 e. The Balaban J connectivity index is 0.000000383. The Bertz CT molecular complexity index is 1240. The molecule has 0 saturated carbocycles. The van der Waals surface area contributed by atoms with Crippen LogP contribution in [0.2, 0.25) is 0 Å². The van der Waals surface area contributed by atoms with Crippen LogP contribution in [0.25, 0.3) is 10.2 Å². The van der Waals surface area contributed by atoms with Gasteiger partial charge in [0.25, 0.3) is 0 Å². The van der Waals surface area contributed by atoms with E-state index in [2.05, 4.69) is 26.0 Å². The summed E-state index contributed by atoms with van der Waals surface area (Å²) in [5.74, 6) is -3.32. The number of carboxylic acids is 1. The largest absolute Gasteiger partial charge is 0.490 e.